The van der Waals surface area contributed by atoms with Gasteiger partial charge in [-0.15, -0.1) is 0 Å². The highest BCUT2D eigenvalue weighted by molar-refractivity contribution is 5.77. The lowest BCUT2D eigenvalue weighted by atomic mass is 10.0. The van der Waals surface area contributed by atoms with E-state index in [0.717, 1.165) is 24.4 Å². The third-order valence-corrected chi connectivity index (χ3v) is 4.37. The van der Waals surface area contributed by atoms with Gasteiger partial charge in [0.05, 0.1) is 11.4 Å². The molecular weight excluding hydrogens is 280 g/mol. The van der Waals surface area contributed by atoms with Crippen molar-refractivity contribution in [3.63, 3.8) is 0 Å². The Hall–Kier alpha value is -2.45. The van der Waals surface area contributed by atoms with Gasteiger partial charge in [-0.25, -0.2) is 4.98 Å². The van der Waals surface area contributed by atoms with E-state index in [1.807, 2.05) is 0 Å². The summed E-state index contributed by atoms with van der Waals surface area (Å²) >= 11 is 0. The summed E-state index contributed by atoms with van der Waals surface area (Å²) in [5.74, 6) is 0. The molecule has 1 aliphatic carbocycles. The summed E-state index contributed by atoms with van der Waals surface area (Å²) in [5.41, 5.74) is 8.77. The van der Waals surface area contributed by atoms with E-state index in [0.29, 0.717) is 0 Å². The Morgan fingerprint density at radius 2 is 1.61 bits per heavy atom. The number of hydrogen-bond acceptors (Lipinski definition) is 2. The van der Waals surface area contributed by atoms with Crippen LogP contribution in [-0.4, -0.2) is 24.0 Å². The Bertz CT molecular complexity index is 851. The Labute approximate surface area is 137 Å². The number of hydrogen-bond donors (Lipinski definition) is 0. The molecule has 3 aromatic rings. The molecule has 2 nitrogen and oxygen atoms in total. The molecule has 0 unspecified atom stereocenters. The van der Waals surface area contributed by atoms with Crippen LogP contribution in [0.4, 0.5) is 0 Å². The summed E-state index contributed by atoms with van der Waals surface area (Å²) in [6, 6.07) is 21.5. The molecule has 0 N–H and O–H groups in total. The van der Waals surface area contributed by atoms with Crippen LogP contribution in [0.2, 0.25) is 0 Å². The predicted octanol–water partition coefficient (Wildman–Crippen LogP) is 4.38. The van der Waals surface area contributed by atoms with Crippen molar-refractivity contribution in [2.45, 2.75) is 13.0 Å². The van der Waals surface area contributed by atoms with Gasteiger partial charge in [-0.2, -0.15) is 0 Å². The van der Waals surface area contributed by atoms with Crippen molar-refractivity contribution in [2.24, 2.45) is 0 Å². The minimum atomic E-state index is 0.904. The highest BCUT2D eigenvalue weighted by Gasteiger charge is 2.22. The maximum absolute atomic E-state index is 5.09. The standard InChI is InChI=1S/C21H20N2/c1-23(2)14-18-13-17-12-16-10-6-7-11-19(16)21(17)22-20(18)15-8-4-3-5-9-15/h3-11,13H,12,14H2,1-2H3. The highest BCUT2D eigenvalue weighted by atomic mass is 15.0. The van der Waals surface area contributed by atoms with Gasteiger partial charge in [-0.1, -0.05) is 54.6 Å². The number of benzene rings is 2. The van der Waals surface area contributed by atoms with E-state index in [-0.39, 0.29) is 0 Å². The molecule has 114 valence electrons. The molecule has 0 amide bonds. The highest BCUT2D eigenvalue weighted by Crippen LogP contribution is 2.38. The fourth-order valence-corrected chi connectivity index (χ4v) is 3.39. The lowest BCUT2D eigenvalue weighted by molar-refractivity contribution is 0.402. The van der Waals surface area contributed by atoms with Gasteiger partial charge in [0.1, 0.15) is 0 Å². The van der Waals surface area contributed by atoms with E-state index in [4.69, 9.17) is 4.98 Å². The molecule has 1 aliphatic rings. The van der Waals surface area contributed by atoms with E-state index < -0.39 is 0 Å². The number of aromatic nitrogens is 1. The molecule has 0 saturated heterocycles. The summed E-state index contributed by atoms with van der Waals surface area (Å²) in [4.78, 5) is 7.30. The van der Waals surface area contributed by atoms with Crippen molar-refractivity contribution < 1.29 is 0 Å². The van der Waals surface area contributed by atoms with E-state index in [2.05, 4.69) is 79.7 Å². The molecule has 0 radical (unpaired) electrons. The van der Waals surface area contributed by atoms with Gasteiger partial charge in [0.25, 0.3) is 0 Å². The molecule has 0 atom stereocenters. The first-order valence-electron chi connectivity index (χ1n) is 8.03. The molecular formula is C21H20N2. The monoisotopic (exact) mass is 300 g/mol. The van der Waals surface area contributed by atoms with Gasteiger partial charge in [-0.3, -0.25) is 0 Å². The third kappa shape index (κ3) is 2.55. The van der Waals surface area contributed by atoms with Crippen molar-refractivity contribution in [2.75, 3.05) is 14.1 Å². The lowest BCUT2D eigenvalue weighted by Gasteiger charge is -2.16. The molecule has 23 heavy (non-hydrogen) atoms. The maximum Gasteiger partial charge on any atom is 0.0754 e. The van der Waals surface area contributed by atoms with Crippen LogP contribution in [0.15, 0.2) is 60.7 Å². The van der Waals surface area contributed by atoms with Crippen LogP contribution in [0, 0.1) is 0 Å². The normalized spacial score (nSPS) is 12.3. The topological polar surface area (TPSA) is 16.1 Å². The van der Waals surface area contributed by atoms with Gasteiger partial charge >= 0.3 is 0 Å². The van der Waals surface area contributed by atoms with Crippen LogP contribution in [0.1, 0.15) is 16.7 Å². The Kier molecular flexibility index (Phi) is 3.47. The van der Waals surface area contributed by atoms with E-state index in [1.54, 1.807) is 0 Å². The van der Waals surface area contributed by atoms with Crippen LogP contribution < -0.4 is 0 Å². The first-order valence-corrected chi connectivity index (χ1v) is 8.03. The lowest BCUT2D eigenvalue weighted by Crippen LogP contribution is -2.12. The van der Waals surface area contributed by atoms with Crippen molar-refractivity contribution in [1.29, 1.82) is 0 Å². The first-order chi connectivity index (χ1) is 11.2. The smallest absolute Gasteiger partial charge is 0.0754 e. The van der Waals surface area contributed by atoms with Crippen LogP contribution >= 0.6 is 0 Å². The third-order valence-electron chi connectivity index (χ3n) is 4.37. The second-order valence-corrected chi connectivity index (χ2v) is 6.44. The maximum atomic E-state index is 5.09. The van der Waals surface area contributed by atoms with E-state index in [9.17, 15) is 0 Å². The zero-order valence-corrected chi connectivity index (χ0v) is 13.6. The van der Waals surface area contributed by atoms with Crippen LogP contribution in [0.5, 0.6) is 0 Å². The zero-order valence-electron chi connectivity index (χ0n) is 13.6. The second kappa shape index (κ2) is 5.64. The molecule has 4 rings (SSSR count). The van der Waals surface area contributed by atoms with E-state index >= 15 is 0 Å². The molecule has 0 spiro atoms. The summed E-state index contributed by atoms with van der Waals surface area (Å²) in [7, 11) is 4.22. The van der Waals surface area contributed by atoms with Crippen LogP contribution in [0.25, 0.3) is 22.5 Å². The zero-order chi connectivity index (χ0) is 15.8. The van der Waals surface area contributed by atoms with Crippen molar-refractivity contribution in [3.8, 4) is 22.5 Å². The quantitative estimate of drug-likeness (QED) is 0.558. The van der Waals surface area contributed by atoms with Gasteiger partial charge in [0.15, 0.2) is 0 Å². The molecule has 0 aliphatic heterocycles. The average molecular weight is 300 g/mol. The number of nitrogens with zero attached hydrogens (tertiary/aromatic N) is 2. The average Bonchev–Trinajstić information content (AvgIpc) is 2.92. The Balaban J connectivity index is 1.91. The Morgan fingerprint density at radius 1 is 0.870 bits per heavy atom. The minimum absolute atomic E-state index is 0.904. The van der Waals surface area contributed by atoms with Crippen molar-refractivity contribution >= 4 is 0 Å². The number of pyridine rings is 1. The summed E-state index contributed by atoms with van der Waals surface area (Å²) in [6.07, 6.45) is 0.994. The van der Waals surface area contributed by atoms with E-state index in [1.165, 1.54) is 27.8 Å². The molecule has 2 heteroatoms. The van der Waals surface area contributed by atoms with Crippen molar-refractivity contribution in [3.05, 3.63) is 77.4 Å². The summed E-state index contributed by atoms with van der Waals surface area (Å²) in [6.45, 7) is 0.904. The number of rotatable bonds is 3. The SMILES string of the molecule is CN(C)Cc1cc2c(nc1-c1ccccc1)-c1ccccc1C2. The minimum Gasteiger partial charge on any atom is -0.305 e. The molecule has 1 aromatic heterocycles. The van der Waals surface area contributed by atoms with Crippen LogP contribution in [-0.2, 0) is 13.0 Å². The summed E-state index contributed by atoms with van der Waals surface area (Å²) < 4.78 is 0. The molecule has 0 bridgehead atoms. The van der Waals surface area contributed by atoms with Gasteiger partial charge in [0.2, 0.25) is 0 Å². The molecule has 0 saturated carbocycles. The molecule has 2 aromatic carbocycles. The largest absolute Gasteiger partial charge is 0.305 e. The van der Waals surface area contributed by atoms with Gasteiger partial charge < -0.3 is 4.90 Å². The van der Waals surface area contributed by atoms with Gasteiger partial charge in [-0.05, 0) is 36.9 Å². The van der Waals surface area contributed by atoms with Gasteiger partial charge in [0, 0.05) is 24.1 Å². The number of fused-ring (bicyclic) bond motifs is 3. The second-order valence-electron chi connectivity index (χ2n) is 6.44. The van der Waals surface area contributed by atoms with Crippen LogP contribution in [0.3, 0.4) is 0 Å². The van der Waals surface area contributed by atoms with Crippen molar-refractivity contribution in [1.82, 2.24) is 9.88 Å². The molecule has 0 fully saturated rings. The fraction of sp³-hybridized carbons (Fsp3) is 0.190. The summed E-state index contributed by atoms with van der Waals surface area (Å²) in [5, 5.41) is 0. The molecule has 1 heterocycles. The first kappa shape index (κ1) is 14.2. The Morgan fingerprint density at radius 3 is 2.39 bits per heavy atom. The predicted molar refractivity (Wildman–Crippen MR) is 95.3 cm³/mol. The fourth-order valence-electron chi connectivity index (χ4n) is 3.39.